The fourth-order valence-electron chi connectivity index (χ4n) is 2.86. The number of rotatable bonds is 6. The van der Waals surface area contributed by atoms with Crippen molar-refractivity contribution in [1.82, 2.24) is 4.90 Å². The molecule has 156 valence electrons. The second kappa shape index (κ2) is 8.78. The molecule has 2 aromatic rings. The number of hydrogen-bond donors (Lipinski definition) is 0. The van der Waals surface area contributed by atoms with Gasteiger partial charge in [0.2, 0.25) is 0 Å². The van der Waals surface area contributed by atoms with E-state index in [-0.39, 0.29) is 16.4 Å². The SMILES string of the molecule is C[C@@H](OC(=O)c1ccccc1S(C)(=O)=O)C(=O)N(Cc1ccccc1)C(C)(C)C. The number of carbonyl (C=O) groups excluding carboxylic acids is 2. The van der Waals surface area contributed by atoms with Crippen LogP contribution in [0, 0.1) is 0 Å². The van der Waals surface area contributed by atoms with E-state index in [9.17, 15) is 18.0 Å². The third-order valence-corrected chi connectivity index (χ3v) is 5.55. The zero-order valence-corrected chi connectivity index (χ0v) is 18.2. The van der Waals surface area contributed by atoms with Crippen molar-refractivity contribution in [2.75, 3.05) is 6.26 Å². The number of sulfone groups is 1. The van der Waals surface area contributed by atoms with Crippen LogP contribution in [-0.4, -0.2) is 43.1 Å². The van der Waals surface area contributed by atoms with Crippen molar-refractivity contribution in [3.05, 3.63) is 65.7 Å². The first-order valence-corrected chi connectivity index (χ1v) is 11.2. The summed E-state index contributed by atoms with van der Waals surface area (Å²) in [6.45, 7) is 7.57. The summed E-state index contributed by atoms with van der Waals surface area (Å²) in [6.07, 6.45) is -0.0485. The van der Waals surface area contributed by atoms with Crippen LogP contribution in [0.5, 0.6) is 0 Å². The van der Waals surface area contributed by atoms with Crippen molar-refractivity contribution in [2.24, 2.45) is 0 Å². The van der Waals surface area contributed by atoms with Crippen LogP contribution in [-0.2, 0) is 25.9 Å². The van der Waals surface area contributed by atoms with Gasteiger partial charge in [0, 0.05) is 18.3 Å². The lowest BCUT2D eigenvalue weighted by Gasteiger charge is -2.37. The molecule has 7 heteroatoms. The molecule has 6 nitrogen and oxygen atoms in total. The summed E-state index contributed by atoms with van der Waals surface area (Å²) in [4.78, 5) is 27.2. The Kier molecular flexibility index (Phi) is 6.85. The zero-order valence-electron chi connectivity index (χ0n) is 17.4. The Morgan fingerprint density at radius 2 is 1.55 bits per heavy atom. The van der Waals surface area contributed by atoms with E-state index >= 15 is 0 Å². The van der Waals surface area contributed by atoms with Gasteiger partial charge in [0.25, 0.3) is 5.91 Å². The summed E-state index contributed by atoms with van der Waals surface area (Å²) < 4.78 is 29.2. The predicted molar refractivity (Wildman–Crippen MR) is 111 cm³/mol. The van der Waals surface area contributed by atoms with E-state index < -0.39 is 27.4 Å². The number of carbonyl (C=O) groups is 2. The predicted octanol–water partition coefficient (Wildman–Crippen LogP) is 3.46. The van der Waals surface area contributed by atoms with Gasteiger partial charge in [0.05, 0.1) is 10.5 Å². The third kappa shape index (κ3) is 5.90. The van der Waals surface area contributed by atoms with Gasteiger partial charge in [0.15, 0.2) is 15.9 Å². The fourth-order valence-corrected chi connectivity index (χ4v) is 3.74. The van der Waals surface area contributed by atoms with E-state index in [2.05, 4.69) is 0 Å². The Bertz CT molecular complexity index is 978. The molecule has 29 heavy (non-hydrogen) atoms. The van der Waals surface area contributed by atoms with Gasteiger partial charge in [-0.2, -0.15) is 0 Å². The van der Waals surface area contributed by atoms with Crippen LogP contribution in [0.25, 0.3) is 0 Å². The standard InChI is InChI=1S/C22H27NO5S/c1-16(28-21(25)18-13-9-10-14-19(18)29(5,26)27)20(24)23(22(2,3)4)15-17-11-7-6-8-12-17/h6-14,16H,15H2,1-5H3/t16-/m1/s1. The average molecular weight is 418 g/mol. The molecule has 0 heterocycles. The maximum atomic E-state index is 13.1. The summed E-state index contributed by atoms with van der Waals surface area (Å²) in [6, 6.07) is 15.3. The van der Waals surface area contributed by atoms with Gasteiger partial charge in [-0.25, -0.2) is 13.2 Å². The van der Waals surface area contributed by atoms with Crippen LogP contribution >= 0.6 is 0 Å². The number of hydrogen-bond acceptors (Lipinski definition) is 5. The minimum absolute atomic E-state index is 0.0833. The van der Waals surface area contributed by atoms with Gasteiger partial charge in [-0.15, -0.1) is 0 Å². The van der Waals surface area contributed by atoms with E-state index in [0.29, 0.717) is 6.54 Å². The largest absolute Gasteiger partial charge is 0.449 e. The van der Waals surface area contributed by atoms with E-state index in [1.54, 1.807) is 11.0 Å². The molecule has 2 rings (SSSR count). The first kappa shape index (κ1) is 22.6. The topological polar surface area (TPSA) is 80.8 Å². The highest BCUT2D eigenvalue weighted by Gasteiger charge is 2.32. The van der Waals surface area contributed by atoms with Crippen LogP contribution in [0.15, 0.2) is 59.5 Å². The van der Waals surface area contributed by atoms with E-state index in [4.69, 9.17) is 4.74 Å². The maximum absolute atomic E-state index is 13.1. The van der Waals surface area contributed by atoms with Crippen molar-refractivity contribution in [2.45, 2.75) is 50.8 Å². The molecule has 0 fully saturated rings. The molecule has 0 aliphatic heterocycles. The minimum atomic E-state index is -3.61. The molecule has 0 aliphatic carbocycles. The molecule has 0 spiro atoms. The summed E-state index contributed by atoms with van der Waals surface area (Å²) in [5, 5.41) is 0. The highest BCUT2D eigenvalue weighted by atomic mass is 32.2. The Labute approximate surface area is 172 Å². The molecule has 2 aromatic carbocycles. The molecule has 0 radical (unpaired) electrons. The first-order valence-electron chi connectivity index (χ1n) is 9.26. The third-order valence-electron chi connectivity index (χ3n) is 4.40. The van der Waals surface area contributed by atoms with Gasteiger partial charge in [-0.05, 0) is 45.4 Å². The van der Waals surface area contributed by atoms with Crippen molar-refractivity contribution in [1.29, 1.82) is 0 Å². The molecular weight excluding hydrogens is 390 g/mol. The number of nitrogens with zero attached hydrogens (tertiary/aromatic N) is 1. The molecule has 0 N–H and O–H groups in total. The number of esters is 1. The normalized spacial score (nSPS) is 12.9. The monoisotopic (exact) mass is 417 g/mol. The number of amides is 1. The molecule has 0 bridgehead atoms. The van der Waals surface area contributed by atoms with Crippen LogP contribution in [0.1, 0.15) is 43.6 Å². The van der Waals surface area contributed by atoms with Gasteiger partial charge in [-0.1, -0.05) is 42.5 Å². The lowest BCUT2D eigenvalue weighted by atomic mass is 10.0. The van der Waals surface area contributed by atoms with Gasteiger partial charge in [-0.3, -0.25) is 4.79 Å². The van der Waals surface area contributed by atoms with Crippen molar-refractivity contribution in [3.8, 4) is 0 Å². The van der Waals surface area contributed by atoms with E-state index in [1.807, 2.05) is 51.1 Å². The highest BCUT2D eigenvalue weighted by Crippen LogP contribution is 2.21. The van der Waals surface area contributed by atoms with E-state index in [0.717, 1.165) is 11.8 Å². The Morgan fingerprint density at radius 1 is 1.00 bits per heavy atom. The summed E-state index contributed by atoms with van der Waals surface area (Å²) in [5.41, 5.74) is 0.370. The molecule has 0 aromatic heterocycles. The van der Waals surface area contributed by atoms with Crippen LogP contribution < -0.4 is 0 Å². The Balaban J connectivity index is 2.23. The fraction of sp³-hybridized carbons (Fsp3) is 0.364. The van der Waals surface area contributed by atoms with Gasteiger partial charge >= 0.3 is 5.97 Å². The average Bonchev–Trinajstić information content (AvgIpc) is 2.64. The Morgan fingerprint density at radius 3 is 2.10 bits per heavy atom. The van der Waals surface area contributed by atoms with Crippen molar-refractivity contribution in [3.63, 3.8) is 0 Å². The molecular formula is C22H27NO5S. The molecule has 1 amide bonds. The molecule has 1 atom stereocenters. The second-order valence-electron chi connectivity index (χ2n) is 7.90. The molecule has 0 saturated heterocycles. The molecule has 0 aliphatic rings. The summed E-state index contributed by atoms with van der Waals surface area (Å²) in [5.74, 6) is -1.20. The van der Waals surface area contributed by atoms with Crippen molar-refractivity contribution >= 4 is 21.7 Å². The van der Waals surface area contributed by atoms with Crippen LogP contribution in [0.2, 0.25) is 0 Å². The van der Waals surface area contributed by atoms with Crippen LogP contribution in [0.4, 0.5) is 0 Å². The van der Waals surface area contributed by atoms with Crippen molar-refractivity contribution < 1.29 is 22.7 Å². The molecule has 0 unspecified atom stereocenters. The summed E-state index contributed by atoms with van der Waals surface area (Å²) >= 11 is 0. The summed E-state index contributed by atoms with van der Waals surface area (Å²) in [7, 11) is -3.61. The zero-order chi connectivity index (χ0) is 21.8. The quantitative estimate of drug-likeness (QED) is 0.673. The number of ether oxygens (including phenoxy) is 1. The number of benzene rings is 2. The van der Waals surface area contributed by atoms with Gasteiger partial charge in [0.1, 0.15) is 0 Å². The minimum Gasteiger partial charge on any atom is -0.449 e. The lowest BCUT2D eigenvalue weighted by Crippen LogP contribution is -2.49. The van der Waals surface area contributed by atoms with Gasteiger partial charge < -0.3 is 9.64 Å². The Hall–Kier alpha value is -2.67. The second-order valence-corrected chi connectivity index (χ2v) is 9.88. The highest BCUT2D eigenvalue weighted by molar-refractivity contribution is 7.90. The first-order chi connectivity index (χ1) is 13.4. The van der Waals surface area contributed by atoms with E-state index in [1.165, 1.54) is 25.1 Å². The molecule has 0 saturated carbocycles. The smallest absolute Gasteiger partial charge is 0.340 e. The maximum Gasteiger partial charge on any atom is 0.340 e. The van der Waals surface area contributed by atoms with Crippen LogP contribution in [0.3, 0.4) is 0 Å². The lowest BCUT2D eigenvalue weighted by molar-refractivity contribution is -0.145.